The van der Waals surface area contributed by atoms with Crippen LogP contribution >= 0.6 is 11.3 Å². The SMILES string of the molecule is C=C(NCC)c1ccc(-c2csc(NC(=C)[C@@H]3CCCN3C(=C)C)n2)cc1. The molecule has 0 saturated carbocycles. The van der Waals surface area contributed by atoms with Crippen molar-refractivity contribution >= 4 is 22.2 Å². The fourth-order valence-electron chi connectivity index (χ4n) is 3.43. The van der Waals surface area contributed by atoms with Gasteiger partial charge in [-0.3, -0.25) is 0 Å². The molecule has 1 saturated heterocycles. The lowest BCUT2D eigenvalue weighted by molar-refractivity contribution is 0.358. The van der Waals surface area contributed by atoms with Crippen molar-refractivity contribution in [2.45, 2.75) is 32.7 Å². The van der Waals surface area contributed by atoms with E-state index in [4.69, 9.17) is 4.98 Å². The average Bonchev–Trinajstić information content (AvgIpc) is 3.31. The van der Waals surface area contributed by atoms with Crippen LogP contribution in [0.1, 0.15) is 32.3 Å². The highest BCUT2D eigenvalue weighted by Gasteiger charge is 2.26. The fraction of sp³-hybridized carbons (Fsp3) is 0.318. The van der Waals surface area contributed by atoms with Crippen LogP contribution in [0, 0.1) is 0 Å². The molecule has 3 rings (SSSR count). The minimum absolute atomic E-state index is 0.297. The molecule has 0 radical (unpaired) electrons. The van der Waals surface area contributed by atoms with Gasteiger partial charge in [0, 0.05) is 41.1 Å². The summed E-state index contributed by atoms with van der Waals surface area (Å²) < 4.78 is 0. The predicted octanol–water partition coefficient (Wildman–Crippen LogP) is 5.31. The summed E-state index contributed by atoms with van der Waals surface area (Å²) in [5.74, 6) is 0. The van der Waals surface area contributed by atoms with Crippen LogP contribution in [-0.4, -0.2) is 29.0 Å². The minimum atomic E-state index is 0.297. The van der Waals surface area contributed by atoms with Crippen molar-refractivity contribution in [1.82, 2.24) is 15.2 Å². The molecule has 142 valence electrons. The number of likely N-dealkylation sites (tertiary alicyclic amines) is 1. The van der Waals surface area contributed by atoms with Crippen molar-refractivity contribution in [3.63, 3.8) is 0 Å². The summed E-state index contributed by atoms with van der Waals surface area (Å²) in [6, 6.07) is 8.63. The largest absolute Gasteiger partial charge is 0.385 e. The Balaban J connectivity index is 1.67. The number of allylic oxidation sites excluding steroid dienone is 1. The van der Waals surface area contributed by atoms with Gasteiger partial charge in [-0.15, -0.1) is 11.3 Å². The van der Waals surface area contributed by atoms with E-state index in [1.165, 1.54) is 6.42 Å². The summed E-state index contributed by atoms with van der Waals surface area (Å²) in [5, 5.41) is 9.62. The first-order chi connectivity index (χ1) is 13.0. The van der Waals surface area contributed by atoms with E-state index in [0.717, 1.165) is 58.6 Å². The second kappa shape index (κ2) is 8.44. The van der Waals surface area contributed by atoms with Gasteiger partial charge < -0.3 is 15.5 Å². The molecule has 0 aliphatic carbocycles. The zero-order valence-electron chi connectivity index (χ0n) is 16.2. The van der Waals surface area contributed by atoms with Gasteiger partial charge in [-0.1, -0.05) is 44.0 Å². The second-order valence-corrected chi connectivity index (χ2v) is 7.72. The van der Waals surface area contributed by atoms with Gasteiger partial charge in [-0.25, -0.2) is 4.98 Å². The second-order valence-electron chi connectivity index (χ2n) is 6.86. The van der Waals surface area contributed by atoms with E-state index in [1.807, 2.05) is 0 Å². The highest BCUT2D eigenvalue weighted by atomic mass is 32.1. The summed E-state index contributed by atoms with van der Waals surface area (Å²) in [6.07, 6.45) is 2.28. The van der Waals surface area contributed by atoms with E-state index < -0.39 is 0 Å². The molecule has 1 fully saturated rings. The number of anilines is 1. The van der Waals surface area contributed by atoms with Crippen molar-refractivity contribution in [3.05, 3.63) is 66.3 Å². The van der Waals surface area contributed by atoms with Gasteiger partial charge >= 0.3 is 0 Å². The summed E-state index contributed by atoms with van der Waals surface area (Å²) in [4.78, 5) is 7.06. The van der Waals surface area contributed by atoms with Crippen LogP contribution < -0.4 is 10.6 Å². The zero-order chi connectivity index (χ0) is 19.4. The number of nitrogens with one attached hydrogen (secondary N) is 2. The molecule has 1 aliphatic rings. The van der Waals surface area contributed by atoms with Crippen molar-refractivity contribution in [3.8, 4) is 11.3 Å². The Kier molecular flexibility index (Phi) is 6.01. The molecule has 2 heterocycles. The van der Waals surface area contributed by atoms with Crippen LogP contribution in [0.2, 0.25) is 0 Å². The van der Waals surface area contributed by atoms with Gasteiger partial charge in [-0.05, 0) is 32.3 Å². The number of hydrogen-bond acceptors (Lipinski definition) is 5. The summed E-state index contributed by atoms with van der Waals surface area (Å²) in [7, 11) is 0. The predicted molar refractivity (Wildman–Crippen MR) is 118 cm³/mol. The third kappa shape index (κ3) is 4.42. The third-order valence-corrected chi connectivity index (χ3v) is 5.59. The Labute approximate surface area is 166 Å². The molecule has 0 bridgehead atoms. The fourth-order valence-corrected chi connectivity index (χ4v) is 4.18. The van der Waals surface area contributed by atoms with Gasteiger partial charge in [0.05, 0.1) is 11.7 Å². The maximum absolute atomic E-state index is 4.74. The molecule has 4 nitrogen and oxygen atoms in total. The lowest BCUT2D eigenvalue weighted by atomic mass is 10.1. The Bertz CT molecular complexity index is 834. The average molecular weight is 381 g/mol. The van der Waals surface area contributed by atoms with Crippen LogP contribution in [0.3, 0.4) is 0 Å². The monoisotopic (exact) mass is 380 g/mol. The molecule has 1 aromatic carbocycles. The molecule has 2 aromatic rings. The summed E-state index contributed by atoms with van der Waals surface area (Å²) in [6.45, 7) is 18.4. The number of thiazole rings is 1. The van der Waals surface area contributed by atoms with Gasteiger partial charge in [0.25, 0.3) is 0 Å². The molecule has 0 spiro atoms. The molecule has 5 heteroatoms. The lowest BCUT2D eigenvalue weighted by Crippen LogP contribution is -2.31. The number of hydrogen-bond donors (Lipinski definition) is 2. The number of nitrogens with zero attached hydrogens (tertiary/aromatic N) is 2. The summed E-state index contributed by atoms with van der Waals surface area (Å²) >= 11 is 1.61. The number of aromatic nitrogens is 1. The maximum Gasteiger partial charge on any atom is 0.187 e. The van der Waals surface area contributed by atoms with Gasteiger partial charge in [0.2, 0.25) is 0 Å². The highest BCUT2D eigenvalue weighted by Crippen LogP contribution is 2.30. The first kappa shape index (κ1) is 19.2. The van der Waals surface area contributed by atoms with Crippen LogP contribution in [0.4, 0.5) is 5.13 Å². The smallest absolute Gasteiger partial charge is 0.187 e. The standard InChI is InChI=1S/C22H28N4S/c1-6-23-16(4)18-9-11-19(12-10-18)20-14-27-22(25-20)24-17(5)21-8-7-13-26(21)15(2)3/h9-12,14,21,23H,2,4-8,13H2,1,3H3,(H,24,25)/t21-/m0/s1. The summed E-state index contributed by atoms with van der Waals surface area (Å²) in [5.41, 5.74) is 6.21. The molecule has 0 amide bonds. The topological polar surface area (TPSA) is 40.2 Å². The number of benzene rings is 1. The molecular formula is C22H28N4S. The van der Waals surface area contributed by atoms with Gasteiger partial charge in [0.15, 0.2) is 5.13 Å². The Morgan fingerprint density at radius 2 is 2.00 bits per heavy atom. The molecular weight excluding hydrogens is 352 g/mol. The molecule has 1 atom stereocenters. The molecule has 27 heavy (non-hydrogen) atoms. The minimum Gasteiger partial charge on any atom is -0.385 e. The van der Waals surface area contributed by atoms with Gasteiger partial charge in [0.1, 0.15) is 0 Å². The van der Waals surface area contributed by atoms with E-state index in [-0.39, 0.29) is 0 Å². The van der Waals surface area contributed by atoms with Gasteiger partial charge in [-0.2, -0.15) is 0 Å². The Morgan fingerprint density at radius 3 is 2.67 bits per heavy atom. The molecule has 1 aliphatic heterocycles. The highest BCUT2D eigenvalue weighted by molar-refractivity contribution is 7.14. The van der Waals surface area contributed by atoms with Crippen LogP contribution in [0.15, 0.2) is 60.8 Å². The zero-order valence-corrected chi connectivity index (χ0v) is 17.0. The van der Waals surface area contributed by atoms with Crippen LogP contribution in [0.25, 0.3) is 17.0 Å². The van der Waals surface area contributed by atoms with E-state index >= 15 is 0 Å². The Morgan fingerprint density at radius 1 is 1.26 bits per heavy atom. The van der Waals surface area contributed by atoms with E-state index in [0.29, 0.717) is 6.04 Å². The molecule has 0 unspecified atom stereocenters. The third-order valence-electron chi connectivity index (χ3n) is 4.84. The molecule has 1 aromatic heterocycles. The first-order valence-corrected chi connectivity index (χ1v) is 10.2. The Hall–Kier alpha value is -2.53. The number of rotatable bonds is 8. The van der Waals surface area contributed by atoms with Crippen molar-refractivity contribution in [2.75, 3.05) is 18.4 Å². The van der Waals surface area contributed by atoms with Crippen LogP contribution in [-0.2, 0) is 0 Å². The molecule has 2 N–H and O–H groups in total. The maximum atomic E-state index is 4.74. The normalized spacial score (nSPS) is 16.2. The first-order valence-electron chi connectivity index (χ1n) is 9.36. The van der Waals surface area contributed by atoms with E-state index in [9.17, 15) is 0 Å². The van der Waals surface area contributed by atoms with Crippen LogP contribution in [0.5, 0.6) is 0 Å². The van der Waals surface area contributed by atoms with E-state index in [2.05, 4.69) is 78.8 Å². The van der Waals surface area contributed by atoms with E-state index in [1.54, 1.807) is 11.3 Å². The lowest BCUT2D eigenvalue weighted by Gasteiger charge is -2.28. The van der Waals surface area contributed by atoms with Crippen molar-refractivity contribution in [1.29, 1.82) is 0 Å². The van der Waals surface area contributed by atoms with Crippen molar-refractivity contribution in [2.24, 2.45) is 0 Å². The van der Waals surface area contributed by atoms with Crippen molar-refractivity contribution < 1.29 is 0 Å². The quantitative estimate of drug-likeness (QED) is 0.651.